The molecule has 162 valence electrons. The fraction of sp³-hybridized carbons (Fsp3) is 0.696. The number of urea groups is 1. The number of hydrogen-bond donors (Lipinski definition) is 1. The maximum atomic E-state index is 13.2. The molecule has 2 fully saturated rings. The molecule has 1 aromatic carbocycles. The summed E-state index contributed by atoms with van der Waals surface area (Å²) in [7, 11) is -2.20. The predicted octanol–water partition coefficient (Wildman–Crippen LogP) is 6.80. The third kappa shape index (κ3) is 5.51. The fourth-order valence-corrected chi connectivity index (χ4v) is 9.36. The monoisotopic (exact) mass is 418 g/mol. The zero-order chi connectivity index (χ0) is 20.7. The second-order valence-electron chi connectivity index (χ2n) is 9.37. The molecule has 0 atom stereocenters. The Labute approximate surface area is 177 Å². The van der Waals surface area contributed by atoms with Crippen LogP contribution in [0.1, 0.15) is 72.1 Å². The molecule has 0 unspecified atom stereocenters. The van der Waals surface area contributed by atoms with Crippen LogP contribution in [0.2, 0.25) is 0 Å². The van der Waals surface area contributed by atoms with E-state index in [1.54, 1.807) is 0 Å². The molecule has 2 amide bonds. The van der Waals surface area contributed by atoms with Crippen molar-refractivity contribution in [1.29, 1.82) is 0 Å². The van der Waals surface area contributed by atoms with Crippen LogP contribution in [0.15, 0.2) is 35.1 Å². The van der Waals surface area contributed by atoms with Crippen molar-refractivity contribution in [1.82, 2.24) is 9.34 Å². The van der Waals surface area contributed by atoms with E-state index < -0.39 is 7.36 Å². The second-order valence-corrected chi connectivity index (χ2v) is 13.2. The summed E-state index contributed by atoms with van der Waals surface area (Å²) in [6.07, 6.45) is 9.99. The normalized spacial score (nSPS) is 20.5. The van der Waals surface area contributed by atoms with E-state index in [0.717, 1.165) is 31.9 Å². The summed E-state index contributed by atoms with van der Waals surface area (Å²) in [5, 5.41) is 2.97. The van der Waals surface area contributed by atoms with Gasteiger partial charge in [-0.05, 0) is 37.8 Å². The van der Waals surface area contributed by atoms with Crippen molar-refractivity contribution in [3.63, 3.8) is 0 Å². The van der Waals surface area contributed by atoms with Crippen molar-refractivity contribution in [3.05, 3.63) is 30.3 Å². The van der Waals surface area contributed by atoms with Gasteiger partial charge in [-0.3, -0.25) is 9.34 Å². The van der Waals surface area contributed by atoms with Crippen LogP contribution in [0, 0.1) is 0 Å². The van der Waals surface area contributed by atoms with Gasteiger partial charge in [-0.25, -0.2) is 4.79 Å². The first kappa shape index (κ1) is 22.5. The SMILES string of the molecule is CC(C)(C)P(=NC(=O)Nc1ccccc1)(N1CCCCCC1)N1CCCCCC1. The van der Waals surface area contributed by atoms with Crippen LogP contribution in [-0.4, -0.2) is 46.7 Å². The zero-order valence-electron chi connectivity index (χ0n) is 18.6. The molecule has 0 bridgehead atoms. The summed E-state index contributed by atoms with van der Waals surface area (Å²) < 4.78 is 10.4. The van der Waals surface area contributed by atoms with Gasteiger partial charge in [0.25, 0.3) is 0 Å². The lowest BCUT2D eigenvalue weighted by Gasteiger charge is -2.50. The number of para-hydroxylation sites is 1. The van der Waals surface area contributed by atoms with Gasteiger partial charge in [0.2, 0.25) is 0 Å². The van der Waals surface area contributed by atoms with Crippen LogP contribution >= 0.6 is 7.36 Å². The zero-order valence-corrected chi connectivity index (χ0v) is 19.5. The number of carbonyl (C=O) groups is 1. The maximum absolute atomic E-state index is 13.2. The minimum atomic E-state index is -2.20. The maximum Gasteiger partial charge on any atom is 0.346 e. The number of carbonyl (C=O) groups excluding carboxylic acids is 1. The summed E-state index contributed by atoms with van der Waals surface area (Å²) in [5.74, 6) is 0. The average Bonchev–Trinajstić information content (AvgIpc) is 3.11. The summed E-state index contributed by atoms with van der Waals surface area (Å²) >= 11 is 0. The Balaban J connectivity index is 2.04. The minimum Gasteiger partial charge on any atom is -0.306 e. The topological polar surface area (TPSA) is 47.9 Å². The average molecular weight is 419 g/mol. The molecule has 6 heteroatoms. The lowest BCUT2D eigenvalue weighted by atomic mass is 10.2. The Bertz CT molecular complexity index is 673. The summed E-state index contributed by atoms with van der Waals surface area (Å²) in [5.41, 5.74) is 0.819. The number of rotatable bonds is 3. The molecule has 0 aliphatic carbocycles. The molecule has 0 spiro atoms. The molecule has 1 aromatic rings. The van der Waals surface area contributed by atoms with E-state index in [4.69, 9.17) is 4.74 Å². The van der Waals surface area contributed by atoms with Gasteiger partial charge in [0, 0.05) is 37.0 Å². The van der Waals surface area contributed by atoms with Gasteiger partial charge in [-0.15, -0.1) is 0 Å². The van der Waals surface area contributed by atoms with Crippen molar-refractivity contribution in [2.75, 3.05) is 31.5 Å². The van der Waals surface area contributed by atoms with E-state index in [2.05, 4.69) is 35.4 Å². The molecule has 2 aliphatic rings. The van der Waals surface area contributed by atoms with E-state index in [1.807, 2.05) is 30.3 Å². The molecule has 0 aromatic heterocycles. The highest BCUT2D eigenvalue weighted by Crippen LogP contribution is 2.66. The Morgan fingerprint density at radius 2 is 1.28 bits per heavy atom. The quantitative estimate of drug-likeness (QED) is 0.549. The number of benzene rings is 1. The molecule has 1 N–H and O–H groups in total. The largest absolute Gasteiger partial charge is 0.346 e. The highest BCUT2D eigenvalue weighted by Gasteiger charge is 2.45. The lowest BCUT2D eigenvalue weighted by Crippen LogP contribution is -2.42. The first-order valence-electron chi connectivity index (χ1n) is 11.4. The van der Waals surface area contributed by atoms with Crippen molar-refractivity contribution in [2.24, 2.45) is 4.74 Å². The highest BCUT2D eigenvalue weighted by molar-refractivity contribution is 7.63. The van der Waals surface area contributed by atoms with E-state index in [9.17, 15) is 4.79 Å². The Kier molecular flexibility index (Phi) is 7.95. The third-order valence-corrected chi connectivity index (χ3v) is 10.7. The molecule has 0 saturated carbocycles. The number of anilines is 1. The molecule has 5 nitrogen and oxygen atoms in total. The van der Waals surface area contributed by atoms with Crippen LogP contribution in [0.25, 0.3) is 0 Å². The molecule has 0 radical (unpaired) electrons. The van der Waals surface area contributed by atoms with Crippen molar-refractivity contribution < 1.29 is 4.79 Å². The van der Waals surface area contributed by atoms with Gasteiger partial charge in [0.1, 0.15) is 7.36 Å². The Hall–Kier alpha value is -1.16. The smallest absolute Gasteiger partial charge is 0.306 e. The van der Waals surface area contributed by atoms with Crippen LogP contribution in [0.3, 0.4) is 0 Å². The van der Waals surface area contributed by atoms with E-state index >= 15 is 0 Å². The van der Waals surface area contributed by atoms with Crippen LogP contribution in [-0.2, 0) is 0 Å². The van der Waals surface area contributed by atoms with Gasteiger partial charge in [0.05, 0.1) is 0 Å². The predicted molar refractivity (Wildman–Crippen MR) is 125 cm³/mol. The third-order valence-electron chi connectivity index (χ3n) is 6.11. The molecular weight excluding hydrogens is 379 g/mol. The van der Waals surface area contributed by atoms with Gasteiger partial charge < -0.3 is 5.32 Å². The number of amides is 2. The molecule has 29 heavy (non-hydrogen) atoms. The number of hydrogen-bond acceptors (Lipinski definition) is 1. The van der Waals surface area contributed by atoms with Crippen LogP contribution in [0.4, 0.5) is 10.5 Å². The molecule has 2 heterocycles. The highest BCUT2D eigenvalue weighted by atomic mass is 31.2. The van der Waals surface area contributed by atoms with Gasteiger partial charge in [-0.1, -0.05) is 64.7 Å². The van der Waals surface area contributed by atoms with E-state index in [0.29, 0.717) is 0 Å². The van der Waals surface area contributed by atoms with E-state index in [-0.39, 0.29) is 11.2 Å². The Morgan fingerprint density at radius 1 is 0.828 bits per heavy atom. The number of nitrogens with one attached hydrogen (secondary N) is 1. The van der Waals surface area contributed by atoms with Crippen LogP contribution < -0.4 is 5.32 Å². The Morgan fingerprint density at radius 3 is 1.69 bits per heavy atom. The molecule has 3 rings (SSSR count). The fourth-order valence-electron chi connectivity index (χ4n) is 4.77. The van der Waals surface area contributed by atoms with Gasteiger partial charge in [0.15, 0.2) is 0 Å². The van der Waals surface area contributed by atoms with E-state index in [1.165, 1.54) is 51.4 Å². The standard InChI is InChI=1S/C23H39N4OP/c1-23(2,3)29(26-17-11-4-5-12-18-26,27-19-13-6-7-14-20-27)25-22(28)24-21-15-9-8-10-16-21/h8-10,15-16H,4-7,11-14,17-20H2,1-3H3,(H,24,28). The first-order chi connectivity index (χ1) is 13.9. The molecule has 2 saturated heterocycles. The second kappa shape index (κ2) is 10.2. The van der Waals surface area contributed by atoms with Crippen molar-refractivity contribution >= 4 is 19.1 Å². The molecule has 2 aliphatic heterocycles. The van der Waals surface area contributed by atoms with Gasteiger partial charge in [-0.2, -0.15) is 4.74 Å². The summed E-state index contributed by atoms with van der Waals surface area (Å²) in [4.78, 5) is 13.2. The minimum absolute atomic E-state index is 0.0737. The number of nitrogens with zero attached hydrogens (tertiary/aromatic N) is 3. The van der Waals surface area contributed by atoms with Crippen molar-refractivity contribution in [3.8, 4) is 0 Å². The lowest BCUT2D eigenvalue weighted by molar-refractivity contribution is 0.259. The van der Waals surface area contributed by atoms with Crippen LogP contribution in [0.5, 0.6) is 0 Å². The van der Waals surface area contributed by atoms with Crippen molar-refractivity contribution in [2.45, 2.75) is 77.3 Å². The summed E-state index contributed by atoms with van der Waals surface area (Å²) in [6.45, 7) is 11.1. The molecular formula is C23H39N4OP. The van der Waals surface area contributed by atoms with Gasteiger partial charge >= 0.3 is 6.03 Å². The summed E-state index contributed by atoms with van der Waals surface area (Å²) in [6, 6.07) is 9.54. The first-order valence-corrected chi connectivity index (χ1v) is 13.1.